The van der Waals surface area contributed by atoms with E-state index in [9.17, 15) is 4.39 Å². The Bertz CT molecular complexity index is 615. The van der Waals surface area contributed by atoms with Gasteiger partial charge in [0.25, 0.3) is 0 Å². The molecule has 0 aliphatic carbocycles. The quantitative estimate of drug-likeness (QED) is 0.938. The summed E-state index contributed by atoms with van der Waals surface area (Å²) in [5, 5.41) is 4.34. The molecule has 0 radical (unpaired) electrons. The average molecular weight is 308 g/mol. The number of benzene rings is 1. The lowest BCUT2D eigenvalue weighted by atomic mass is 10.1. The van der Waals surface area contributed by atoms with Crippen LogP contribution < -0.4 is 5.32 Å². The lowest BCUT2D eigenvalue weighted by Gasteiger charge is -2.37. The van der Waals surface area contributed by atoms with Crippen molar-refractivity contribution in [3.63, 3.8) is 0 Å². The van der Waals surface area contributed by atoms with Crippen molar-refractivity contribution in [2.75, 3.05) is 31.6 Å². The van der Waals surface area contributed by atoms with Gasteiger partial charge in [0.15, 0.2) is 11.4 Å². The van der Waals surface area contributed by atoms with E-state index in [0.717, 1.165) is 30.0 Å². The van der Waals surface area contributed by atoms with Gasteiger partial charge in [0.05, 0.1) is 6.04 Å². The van der Waals surface area contributed by atoms with Crippen LogP contribution >= 0.6 is 11.8 Å². The topological polar surface area (TPSA) is 28.4 Å². The highest BCUT2D eigenvalue weighted by molar-refractivity contribution is 7.99. The monoisotopic (exact) mass is 308 g/mol. The van der Waals surface area contributed by atoms with E-state index in [1.54, 1.807) is 6.07 Å². The molecular formula is C16H21FN2OS. The Morgan fingerprint density at radius 2 is 2.38 bits per heavy atom. The number of hydrogen-bond acceptors (Lipinski definition) is 4. The van der Waals surface area contributed by atoms with Crippen LogP contribution in [-0.4, -0.2) is 42.6 Å². The van der Waals surface area contributed by atoms with Gasteiger partial charge in [0.2, 0.25) is 0 Å². The van der Waals surface area contributed by atoms with E-state index >= 15 is 0 Å². The van der Waals surface area contributed by atoms with Crippen LogP contribution in [0.5, 0.6) is 0 Å². The number of rotatable bonds is 4. The van der Waals surface area contributed by atoms with E-state index in [0.29, 0.717) is 11.6 Å². The molecule has 0 saturated carbocycles. The van der Waals surface area contributed by atoms with E-state index in [4.69, 9.17) is 4.42 Å². The molecule has 1 fully saturated rings. The molecule has 5 heteroatoms. The van der Waals surface area contributed by atoms with E-state index in [-0.39, 0.29) is 11.9 Å². The Kier molecular flexibility index (Phi) is 4.52. The number of likely N-dealkylation sites (N-methyl/N-ethyl adjacent to an activating group) is 2. The molecule has 1 aliphatic rings. The van der Waals surface area contributed by atoms with Crippen molar-refractivity contribution in [2.45, 2.75) is 19.0 Å². The van der Waals surface area contributed by atoms with Crippen molar-refractivity contribution >= 4 is 22.7 Å². The molecule has 2 unspecified atom stereocenters. The van der Waals surface area contributed by atoms with Crippen molar-refractivity contribution < 1.29 is 8.81 Å². The number of nitrogens with one attached hydrogen (secondary N) is 1. The maximum Gasteiger partial charge on any atom is 0.169 e. The molecular weight excluding hydrogens is 287 g/mol. The molecule has 0 spiro atoms. The van der Waals surface area contributed by atoms with Gasteiger partial charge in [-0.1, -0.05) is 19.1 Å². The maximum absolute atomic E-state index is 13.8. The number of para-hydroxylation sites is 1. The summed E-state index contributed by atoms with van der Waals surface area (Å²) in [6.07, 6.45) is 0. The first-order valence-electron chi connectivity index (χ1n) is 7.40. The summed E-state index contributed by atoms with van der Waals surface area (Å²) in [5.41, 5.74) is 0.363. The van der Waals surface area contributed by atoms with Gasteiger partial charge < -0.3 is 9.73 Å². The van der Waals surface area contributed by atoms with E-state index < -0.39 is 0 Å². The normalized spacial score (nSPS) is 21.8. The minimum Gasteiger partial charge on any atom is -0.456 e. The molecule has 114 valence electrons. The first-order chi connectivity index (χ1) is 10.2. The SMILES string of the molecule is CCNC(c1cc2cccc(F)c2o1)C1CSCCN1C. The lowest BCUT2D eigenvalue weighted by molar-refractivity contribution is 0.202. The zero-order chi connectivity index (χ0) is 14.8. The molecule has 21 heavy (non-hydrogen) atoms. The summed E-state index contributed by atoms with van der Waals surface area (Å²) in [4.78, 5) is 2.37. The van der Waals surface area contributed by atoms with Gasteiger partial charge in [-0.2, -0.15) is 11.8 Å². The number of thioether (sulfide) groups is 1. The number of halogens is 1. The summed E-state index contributed by atoms with van der Waals surface area (Å²) >= 11 is 1.97. The van der Waals surface area contributed by atoms with Crippen LogP contribution in [0.1, 0.15) is 18.7 Å². The second-order valence-corrected chi connectivity index (χ2v) is 6.62. The minimum absolute atomic E-state index is 0.0969. The van der Waals surface area contributed by atoms with E-state index in [2.05, 4.69) is 24.2 Å². The molecule has 1 aliphatic heterocycles. The molecule has 0 bridgehead atoms. The summed E-state index contributed by atoms with van der Waals surface area (Å²) < 4.78 is 19.7. The highest BCUT2D eigenvalue weighted by atomic mass is 32.2. The van der Waals surface area contributed by atoms with Gasteiger partial charge >= 0.3 is 0 Å². The van der Waals surface area contributed by atoms with Gasteiger partial charge in [-0.25, -0.2) is 4.39 Å². The Labute approximate surface area is 128 Å². The molecule has 1 aromatic heterocycles. The smallest absolute Gasteiger partial charge is 0.169 e. The van der Waals surface area contributed by atoms with E-state index in [1.807, 2.05) is 23.9 Å². The highest BCUT2D eigenvalue weighted by Crippen LogP contribution is 2.31. The molecule has 1 saturated heterocycles. The fourth-order valence-corrected chi connectivity index (χ4v) is 4.18. The molecule has 0 amide bonds. The lowest BCUT2D eigenvalue weighted by Crippen LogP contribution is -2.47. The largest absolute Gasteiger partial charge is 0.456 e. The third-order valence-corrected chi connectivity index (χ3v) is 5.12. The van der Waals surface area contributed by atoms with Gasteiger partial charge in [-0.3, -0.25) is 4.90 Å². The van der Waals surface area contributed by atoms with Gasteiger partial charge in [0, 0.05) is 29.5 Å². The van der Waals surface area contributed by atoms with Crippen LogP contribution in [-0.2, 0) is 0 Å². The Morgan fingerprint density at radius 1 is 1.52 bits per heavy atom. The standard InChI is InChI=1S/C16H21FN2OS/c1-3-18-15(13-10-21-8-7-19(13)2)14-9-11-5-4-6-12(17)16(11)20-14/h4-6,9,13,15,18H,3,7-8,10H2,1-2H3. The van der Waals surface area contributed by atoms with Crippen molar-refractivity contribution in [2.24, 2.45) is 0 Å². The van der Waals surface area contributed by atoms with Crippen LogP contribution in [0.25, 0.3) is 11.0 Å². The zero-order valence-corrected chi connectivity index (χ0v) is 13.3. The summed E-state index contributed by atoms with van der Waals surface area (Å²) in [6, 6.07) is 7.50. The summed E-state index contributed by atoms with van der Waals surface area (Å²) in [7, 11) is 2.15. The first-order valence-corrected chi connectivity index (χ1v) is 8.55. The van der Waals surface area contributed by atoms with Crippen molar-refractivity contribution in [1.29, 1.82) is 0 Å². The summed E-state index contributed by atoms with van der Waals surface area (Å²) in [5.74, 6) is 2.77. The molecule has 1 N–H and O–H groups in total. The third kappa shape index (κ3) is 2.96. The van der Waals surface area contributed by atoms with Crippen LogP contribution in [0, 0.1) is 5.82 Å². The number of furan rings is 1. The molecule has 2 atom stereocenters. The number of fused-ring (bicyclic) bond motifs is 1. The Morgan fingerprint density at radius 3 is 3.10 bits per heavy atom. The minimum atomic E-state index is -0.291. The van der Waals surface area contributed by atoms with E-state index in [1.165, 1.54) is 11.8 Å². The predicted molar refractivity (Wildman–Crippen MR) is 86.3 cm³/mol. The molecule has 1 aromatic carbocycles. The fraction of sp³-hybridized carbons (Fsp3) is 0.500. The van der Waals surface area contributed by atoms with Crippen LogP contribution in [0.2, 0.25) is 0 Å². The highest BCUT2D eigenvalue weighted by Gasteiger charge is 2.31. The van der Waals surface area contributed by atoms with Crippen LogP contribution in [0.15, 0.2) is 28.7 Å². The van der Waals surface area contributed by atoms with Crippen molar-refractivity contribution in [3.8, 4) is 0 Å². The maximum atomic E-state index is 13.8. The fourth-order valence-electron chi connectivity index (χ4n) is 2.90. The third-order valence-electron chi connectivity index (χ3n) is 4.07. The van der Waals surface area contributed by atoms with Crippen LogP contribution in [0.3, 0.4) is 0 Å². The van der Waals surface area contributed by atoms with Gasteiger partial charge in [0.1, 0.15) is 5.76 Å². The Hall–Kier alpha value is -1.04. The number of nitrogens with zero attached hydrogens (tertiary/aromatic N) is 1. The molecule has 3 rings (SSSR count). The first kappa shape index (κ1) is 14.9. The van der Waals surface area contributed by atoms with Crippen molar-refractivity contribution in [1.82, 2.24) is 10.2 Å². The molecule has 3 nitrogen and oxygen atoms in total. The average Bonchev–Trinajstić information content (AvgIpc) is 2.91. The van der Waals surface area contributed by atoms with Gasteiger partial charge in [-0.15, -0.1) is 0 Å². The second kappa shape index (κ2) is 6.38. The van der Waals surface area contributed by atoms with Crippen LogP contribution in [0.4, 0.5) is 4.39 Å². The Balaban J connectivity index is 1.96. The van der Waals surface area contributed by atoms with Crippen molar-refractivity contribution in [3.05, 3.63) is 35.8 Å². The molecule has 2 aromatic rings. The number of hydrogen-bond donors (Lipinski definition) is 1. The predicted octanol–water partition coefficient (Wildman–Crippen LogP) is 3.27. The van der Waals surface area contributed by atoms with Gasteiger partial charge in [-0.05, 0) is 25.7 Å². The molecule has 2 heterocycles. The second-order valence-electron chi connectivity index (χ2n) is 5.47. The zero-order valence-electron chi connectivity index (χ0n) is 12.4. The summed E-state index contributed by atoms with van der Waals surface area (Å²) in [6.45, 7) is 4.03.